The first kappa shape index (κ1) is 22.4. The van der Waals surface area contributed by atoms with Gasteiger partial charge in [0.05, 0.1) is 0 Å². The van der Waals surface area contributed by atoms with E-state index in [1.807, 2.05) is 32.6 Å². The number of hydrogen-bond donors (Lipinski definition) is 0. The first-order chi connectivity index (χ1) is 15.1. The van der Waals surface area contributed by atoms with Crippen molar-refractivity contribution in [3.05, 3.63) is 52.7 Å². The van der Waals surface area contributed by atoms with E-state index in [4.69, 9.17) is 9.97 Å². The van der Waals surface area contributed by atoms with Crippen molar-refractivity contribution in [1.82, 2.24) is 14.9 Å². The summed E-state index contributed by atoms with van der Waals surface area (Å²) in [6.07, 6.45) is 2.26. The zero-order valence-corrected chi connectivity index (χ0v) is 19.3. The van der Waals surface area contributed by atoms with E-state index in [0.717, 1.165) is 17.7 Å². The molecule has 3 heterocycles. The number of halogens is 1. The fourth-order valence-electron chi connectivity index (χ4n) is 4.58. The van der Waals surface area contributed by atoms with E-state index in [2.05, 4.69) is 0 Å². The van der Waals surface area contributed by atoms with Crippen molar-refractivity contribution in [3.8, 4) is 0 Å². The maximum Gasteiger partial charge on any atom is 0.228 e. The smallest absolute Gasteiger partial charge is 0.228 e. The molecule has 0 radical (unpaired) electrons. The third kappa shape index (κ3) is 4.38. The lowest BCUT2D eigenvalue weighted by Crippen LogP contribution is -2.39. The molecule has 6 nitrogen and oxygen atoms in total. The van der Waals surface area contributed by atoms with Crippen LogP contribution in [-0.2, 0) is 22.4 Å². The topological polar surface area (TPSA) is 66.4 Å². The van der Waals surface area contributed by atoms with Crippen molar-refractivity contribution < 1.29 is 14.0 Å². The Bertz CT molecular complexity index is 1050. The maximum absolute atomic E-state index is 14.1. The maximum atomic E-state index is 14.1. The van der Waals surface area contributed by atoms with Gasteiger partial charge in [0.15, 0.2) is 0 Å². The van der Waals surface area contributed by atoms with Gasteiger partial charge < -0.3 is 4.90 Å². The van der Waals surface area contributed by atoms with E-state index < -0.39 is 5.41 Å². The summed E-state index contributed by atoms with van der Waals surface area (Å²) in [6.45, 7) is 9.42. The molecule has 0 saturated carbocycles. The summed E-state index contributed by atoms with van der Waals surface area (Å²) in [5.74, 6) is 1.28. The van der Waals surface area contributed by atoms with E-state index in [0.29, 0.717) is 56.1 Å². The molecule has 1 saturated heterocycles. The van der Waals surface area contributed by atoms with Gasteiger partial charge in [-0.15, -0.1) is 0 Å². The molecule has 32 heavy (non-hydrogen) atoms. The van der Waals surface area contributed by atoms with E-state index >= 15 is 0 Å². The van der Waals surface area contributed by atoms with Crippen LogP contribution in [-0.4, -0.2) is 46.3 Å². The summed E-state index contributed by atoms with van der Waals surface area (Å²) < 4.78 is 14.1. The summed E-state index contributed by atoms with van der Waals surface area (Å²) in [4.78, 5) is 38.7. The highest BCUT2D eigenvalue weighted by Gasteiger charge is 2.36. The molecule has 1 aromatic heterocycles. The largest absolute Gasteiger partial charge is 0.341 e. The monoisotopic (exact) mass is 438 g/mol. The van der Waals surface area contributed by atoms with Gasteiger partial charge in [-0.1, -0.05) is 39.0 Å². The summed E-state index contributed by atoms with van der Waals surface area (Å²) in [7, 11) is 0. The Morgan fingerprint density at radius 3 is 2.66 bits per heavy atom. The van der Waals surface area contributed by atoms with Gasteiger partial charge >= 0.3 is 0 Å². The molecule has 2 aliphatic heterocycles. The number of likely N-dealkylation sites (tertiary alicyclic amines) is 1. The van der Waals surface area contributed by atoms with Gasteiger partial charge in [0.2, 0.25) is 11.8 Å². The molecule has 0 bridgehead atoms. The number of amides is 2. The van der Waals surface area contributed by atoms with Crippen molar-refractivity contribution in [2.75, 3.05) is 24.5 Å². The predicted molar refractivity (Wildman–Crippen MR) is 121 cm³/mol. The van der Waals surface area contributed by atoms with Crippen LogP contribution < -0.4 is 4.90 Å². The molecule has 0 spiro atoms. The molecule has 170 valence electrons. The molecule has 7 heteroatoms. The fraction of sp³-hybridized carbons (Fsp3) is 0.520. The van der Waals surface area contributed by atoms with Crippen molar-refractivity contribution in [3.63, 3.8) is 0 Å². The first-order valence-corrected chi connectivity index (χ1v) is 11.4. The predicted octanol–water partition coefficient (Wildman–Crippen LogP) is 3.81. The van der Waals surface area contributed by atoms with Crippen LogP contribution in [0.5, 0.6) is 0 Å². The van der Waals surface area contributed by atoms with Crippen LogP contribution in [0.3, 0.4) is 0 Å². The lowest BCUT2D eigenvalue weighted by molar-refractivity contribution is -0.138. The van der Waals surface area contributed by atoms with Gasteiger partial charge in [-0.3, -0.25) is 14.5 Å². The molecule has 2 amide bonds. The molecule has 2 aromatic rings. The molecule has 0 aliphatic carbocycles. The Balaban J connectivity index is 1.58. The molecule has 1 fully saturated rings. The second-order valence-corrected chi connectivity index (χ2v) is 9.84. The number of carbonyl (C=O) groups excluding carboxylic acids is 2. The van der Waals surface area contributed by atoms with E-state index in [-0.39, 0.29) is 23.5 Å². The molecule has 4 rings (SSSR count). The Labute approximate surface area is 188 Å². The summed E-state index contributed by atoms with van der Waals surface area (Å²) in [5, 5.41) is 0. The van der Waals surface area contributed by atoms with Crippen molar-refractivity contribution in [2.45, 2.75) is 59.3 Å². The summed E-state index contributed by atoms with van der Waals surface area (Å²) in [5.41, 5.74) is 2.04. The molecule has 1 aromatic carbocycles. The third-order valence-electron chi connectivity index (χ3n) is 6.40. The minimum absolute atomic E-state index is 0.00819. The van der Waals surface area contributed by atoms with Crippen LogP contribution in [0.25, 0.3) is 0 Å². The number of nitrogens with zero attached hydrogens (tertiary/aromatic N) is 4. The molecular formula is C25H31FN4O2. The minimum atomic E-state index is -0.419. The van der Waals surface area contributed by atoms with Crippen molar-refractivity contribution in [1.29, 1.82) is 0 Å². The van der Waals surface area contributed by atoms with Gasteiger partial charge in [-0.2, -0.15) is 0 Å². The van der Waals surface area contributed by atoms with E-state index in [9.17, 15) is 14.0 Å². The zero-order valence-electron chi connectivity index (χ0n) is 19.3. The summed E-state index contributed by atoms with van der Waals surface area (Å²) in [6, 6.07) is 6.66. The zero-order chi connectivity index (χ0) is 23.0. The highest BCUT2D eigenvalue weighted by molar-refractivity contribution is 5.95. The van der Waals surface area contributed by atoms with Crippen LogP contribution in [0.2, 0.25) is 0 Å². The van der Waals surface area contributed by atoms with Gasteiger partial charge in [0.1, 0.15) is 17.5 Å². The number of rotatable bonds is 4. The van der Waals surface area contributed by atoms with Gasteiger partial charge in [0, 0.05) is 48.6 Å². The van der Waals surface area contributed by atoms with Gasteiger partial charge in [-0.25, -0.2) is 14.4 Å². The molecule has 0 N–H and O–H groups in total. The average molecular weight is 439 g/mol. The number of anilines is 1. The summed E-state index contributed by atoms with van der Waals surface area (Å²) >= 11 is 0. The molecular weight excluding hydrogens is 407 g/mol. The number of benzene rings is 1. The SMILES string of the molecule is Cc1nc(C2CCN(C(=O)C(C)(C)C)C2)nc2c1CCC(=O)N2CCc1ccccc1F. The lowest BCUT2D eigenvalue weighted by Gasteiger charge is -2.30. The highest BCUT2D eigenvalue weighted by atomic mass is 19.1. The Morgan fingerprint density at radius 2 is 1.94 bits per heavy atom. The second kappa shape index (κ2) is 8.60. The minimum Gasteiger partial charge on any atom is -0.341 e. The molecule has 1 atom stereocenters. The quantitative estimate of drug-likeness (QED) is 0.728. The van der Waals surface area contributed by atoms with Gasteiger partial charge in [-0.05, 0) is 37.8 Å². The number of fused-ring (bicyclic) bond motifs is 1. The number of hydrogen-bond acceptors (Lipinski definition) is 4. The van der Waals surface area contributed by atoms with Crippen molar-refractivity contribution >= 4 is 17.6 Å². The third-order valence-corrected chi connectivity index (χ3v) is 6.40. The molecule has 1 unspecified atom stereocenters. The number of aryl methyl sites for hydroxylation is 1. The van der Waals surface area contributed by atoms with E-state index in [1.54, 1.807) is 23.1 Å². The Kier molecular flexibility index (Phi) is 6.01. The second-order valence-electron chi connectivity index (χ2n) is 9.84. The van der Waals surface area contributed by atoms with Crippen LogP contribution in [0, 0.1) is 18.2 Å². The lowest BCUT2D eigenvalue weighted by atomic mass is 9.95. The van der Waals surface area contributed by atoms with Crippen molar-refractivity contribution in [2.24, 2.45) is 5.41 Å². The highest BCUT2D eigenvalue weighted by Crippen LogP contribution is 2.33. The fourth-order valence-corrected chi connectivity index (χ4v) is 4.58. The van der Waals surface area contributed by atoms with Crippen LogP contribution in [0.15, 0.2) is 24.3 Å². The van der Waals surface area contributed by atoms with Gasteiger partial charge in [0.25, 0.3) is 0 Å². The Hall–Kier alpha value is -2.83. The van der Waals surface area contributed by atoms with E-state index in [1.165, 1.54) is 6.07 Å². The average Bonchev–Trinajstić information content (AvgIpc) is 3.23. The number of carbonyl (C=O) groups is 2. The van der Waals surface area contributed by atoms with Crippen LogP contribution >= 0.6 is 0 Å². The standard InChI is InChI=1S/C25H31FN4O2/c1-16-19-9-10-21(31)30(14-12-17-7-5-6-8-20(17)26)23(19)28-22(27-16)18-11-13-29(15-18)24(32)25(2,3)4/h5-8,18H,9-15H2,1-4H3. The first-order valence-electron chi connectivity index (χ1n) is 11.4. The normalized spacial score (nSPS) is 18.8. The van der Waals surface area contributed by atoms with Crippen LogP contribution in [0.4, 0.5) is 10.2 Å². The molecule has 2 aliphatic rings. The number of aromatic nitrogens is 2. The Morgan fingerprint density at radius 1 is 1.19 bits per heavy atom. The van der Waals surface area contributed by atoms with Crippen LogP contribution in [0.1, 0.15) is 62.2 Å².